The molecule has 3 heteroatoms. The molecule has 0 amide bonds. The third kappa shape index (κ3) is 5.57. The molecule has 0 saturated heterocycles. The molecule has 1 atom stereocenters. The number of allylic oxidation sites excluding steroid dienone is 1. The standard InChI is InChI=1S/C26H29NO2/c1-3-25(20-10-6-4-7-11-20)26(21-12-8-5-9-13-21)22-14-16-24(17-15-22)29-19-23(28)18-27-2/h4-17,23,27-28H,3,18-19H2,1-2H3. The number of hydrogen-bond donors (Lipinski definition) is 2. The zero-order chi connectivity index (χ0) is 20.5. The average Bonchev–Trinajstić information content (AvgIpc) is 2.78. The monoisotopic (exact) mass is 387 g/mol. The molecular formula is C26H29NO2. The van der Waals surface area contributed by atoms with E-state index in [2.05, 4.69) is 72.9 Å². The summed E-state index contributed by atoms with van der Waals surface area (Å²) in [4.78, 5) is 0. The number of benzene rings is 3. The second-order valence-electron chi connectivity index (χ2n) is 6.99. The van der Waals surface area contributed by atoms with Gasteiger partial charge in [0.05, 0.1) is 0 Å². The van der Waals surface area contributed by atoms with E-state index in [-0.39, 0.29) is 6.61 Å². The summed E-state index contributed by atoms with van der Waals surface area (Å²) in [7, 11) is 1.81. The van der Waals surface area contributed by atoms with Crippen LogP contribution in [0.1, 0.15) is 30.0 Å². The Bertz CT molecular complexity index is 902. The third-order valence-corrected chi connectivity index (χ3v) is 4.87. The van der Waals surface area contributed by atoms with Crippen LogP contribution >= 0.6 is 0 Å². The van der Waals surface area contributed by atoms with Gasteiger partial charge < -0.3 is 15.2 Å². The Morgan fingerprint density at radius 2 is 1.38 bits per heavy atom. The van der Waals surface area contributed by atoms with Crippen molar-refractivity contribution in [3.63, 3.8) is 0 Å². The molecule has 150 valence electrons. The zero-order valence-electron chi connectivity index (χ0n) is 17.1. The van der Waals surface area contributed by atoms with Crippen molar-refractivity contribution < 1.29 is 9.84 Å². The van der Waals surface area contributed by atoms with Crippen molar-refractivity contribution in [2.24, 2.45) is 0 Å². The number of hydrogen-bond acceptors (Lipinski definition) is 3. The van der Waals surface area contributed by atoms with Crippen molar-refractivity contribution in [2.75, 3.05) is 20.2 Å². The summed E-state index contributed by atoms with van der Waals surface area (Å²) in [6.45, 7) is 2.98. The van der Waals surface area contributed by atoms with Crippen molar-refractivity contribution in [2.45, 2.75) is 19.4 Å². The van der Waals surface area contributed by atoms with Crippen molar-refractivity contribution in [3.8, 4) is 5.75 Å². The Balaban J connectivity index is 1.96. The number of rotatable bonds is 9. The highest BCUT2D eigenvalue weighted by Crippen LogP contribution is 2.34. The minimum absolute atomic E-state index is 0.270. The lowest BCUT2D eigenvalue weighted by atomic mass is 9.88. The second-order valence-corrected chi connectivity index (χ2v) is 6.99. The Morgan fingerprint density at radius 3 is 1.93 bits per heavy atom. The third-order valence-electron chi connectivity index (χ3n) is 4.87. The van der Waals surface area contributed by atoms with Gasteiger partial charge in [0.1, 0.15) is 18.5 Å². The summed E-state index contributed by atoms with van der Waals surface area (Å²) >= 11 is 0. The van der Waals surface area contributed by atoms with Gasteiger partial charge in [0, 0.05) is 6.54 Å². The van der Waals surface area contributed by atoms with E-state index >= 15 is 0 Å². The molecule has 0 aliphatic heterocycles. The van der Waals surface area contributed by atoms with Gasteiger partial charge in [-0.3, -0.25) is 0 Å². The van der Waals surface area contributed by atoms with Crippen LogP contribution in [0, 0.1) is 0 Å². The predicted octanol–water partition coefficient (Wildman–Crippen LogP) is 5.01. The summed E-state index contributed by atoms with van der Waals surface area (Å²) in [5.41, 5.74) is 6.15. The molecule has 0 bridgehead atoms. The minimum Gasteiger partial charge on any atom is -0.491 e. The maximum Gasteiger partial charge on any atom is 0.119 e. The van der Waals surface area contributed by atoms with Crippen LogP contribution in [0.15, 0.2) is 84.9 Å². The first-order valence-electron chi connectivity index (χ1n) is 10.1. The van der Waals surface area contributed by atoms with Gasteiger partial charge in [-0.25, -0.2) is 0 Å². The van der Waals surface area contributed by atoms with E-state index in [1.54, 1.807) is 0 Å². The predicted molar refractivity (Wildman–Crippen MR) is 121 cm³/mol. The van der Waals surface area contributed by atoms with Gasteiger partial charge in [-0.2, -0.15) is 0 Å². The average molecular weight is 388 g/mol. The Hall–Kier alpha value is -2.88. The Morgan fingerprint density at radius 1 is 0.828 bits per heavy atom. The van der Waals surface area contributed by atoms with Crippen LogP contribution in [0.25, 0.3) is 11.1 Å². The fourth-order valence-corrected chi connectivity index (χ4v) is 3.49. The number of aliphatic hydroxyl groups is 1. The van der Waals surface area contributed by atoms with E-state index < -0.39 is 6.10 Å². The lowest BCUT2D eigenvalue weighted by molar-refractivity contribution is 0.108. The molecule has 0 aliphatic carbocycles. The molecule has 3 aromatic rings. The van der Waals surface area contributed by atoms with Crippen LogP contribution in [-0.4, -0.2) is 31.4 Å². The van der Waals surface area contributed by atoms with Crippen LogP contribution < -0.4 is 10.1 Å². The fourth-order valence-electron chi connectivity index (χ4n) is 3.49. The Kier molecular flexibility index (Phi) is 7.62. The number of aliphatic hydroxyl groups excluding tert-OH is 1. The number of nitrogens with one attached hydrogen (secondary N) is 1. The van der Waals surface area contributed by atoms with Gasteiger partial charge in [0.15, 0.2) is 0 Å². The second kappa shape index (κ2) is 10.6. The molecule has 3 aromatic carbocycles. The molecule has 0 saturated carbocycles. The summed E-state index contributed by atoms with van der Waals surface area (Å²) < 4.78 is 5.73. The molecular weight excluding hydrogens is 358 g/mol. The first kappa shape index (κ1) is 20.8. The van der Waals surface area contributed by atoms with Gasteiger partial charge >= 0.3 is 0 Å². The number of ether oxygens (including phenoxy) is 1. The van der Waals surface area contributed by atoms with Crippen LogP contribution in [0.2, 0.25) is 0 Å². The van der Waals surface area contributed by atoms with Crippen molar-refractivity contribution in [1.82, 2.24) is 5.32 Å². The van der Waals surface area contributed by atoms with Crippen LogP contribution in [0.4, 0.5) is 0 Å². The highest BCUT2D eigenvalue weighted by Gasteiger charge is 2.13. The van der Waals surface area contributed by atoms with Crippen LogP contribution in [-0.2, 0) is 0 Å². The van der Waals surface area contributed by atoms with Gasteiger partial charge in [-0.15, -0.1) is 0 Å². The molecule has 0 aromatic heterocycles. The Labute approximate surface area is 173 Å². The topological polar surface area (TPSA) is 41.5 Å². The summed E-state index contributed by atoms with van der Waals surface area (Å²) in [6.07, 6.45) is 0.409. The summed E-state index contributed by atoms with van der Waals surface area (Å²) in [6, 6.07) is 29.2. The lowest BCUT2D eigenvalue weighted by Gasteiger charge is -2.17. The van der Waals surface area contributed by atoms with E-state index in [1.165, 1.54) is 22.3 Å². The van der Waals surface area contributed by atoms with E-state index in [0.717, 1.165) is 17.7 Å². The molecule has 3 nitrogen and oxygen atoms in total. The first-order valence-corrected chi connectivity index (χ1v) is 10.1. The molecule has 0 spiro atoms. The van der Waals surface area contributed by atoms with Gasteiger partial charge in [0.25, 0.3) is 0 Å². The first-order chi connectivity index (χ1) is 14.2. The quantitative estimate of drug-likeness (QED) is 0.507. The van der Waals surface area contributed by atoms with Crippen molar-refractivity contribution in [1.29, 1.82) is 0 Å². The number of likely N-dealkylation sites (N-methyl/N-ethyl adjacent to an activating group) is 1. The smallest absolute Gasteiger partial charge is 0.119 e. The normalized spacial score (nSPS) is 12.9. The molecule has 3 rings (SSSR count). The largest absolute Gasteiger partial charge is 0.491 e. The van der Waals surface area contributed by atoms with Gasteiger partial charge in [0.2, 0.25) is 0 Å². The highest BCUT2D eigenvalue weighted by molar-refractivity contribution is 5.98. The molecule has 0 heterocycles. The zero-order valence-corrected chi connectivity index (χ0v) is 17.1. The molecule has 29 heavy (non-hydrogen) atoms. The molecule has 1 unspecified atom stereocenters. The molecule has 0 fully saturated rings. The summed E-state index contributed by atoms with van der Waals surface area (Å²) in [5.74, 6) is 0.758. The maximum atomic E-state index is 9.84. The lowest BCUT2D eigenvalue weighted by Crippen LogP contribution is -2.29. The maximum absolute atomic E-state index is 9.84. The molecule has 2 N–H and O–H groups in total. The van der Waals surface area contributed by atoms with E-state index in [4.69, 9.17) is 4.74 Å². The van der Waals surface area contributed by atoms with E-state index in [1.807, 2.05) is 31.3 Å². The van der Waals surface area contributed by atoms with Crippen molar-refractivity contribution >= 4 is 11.1 Å². The van der Waals surface area contributed by atoms with Gasteiger partial charge in [-0.05, 0) is 53.4 Å². The van der Waals surface area contributed by atoms with E-state index in [0.29, 0.717) is 6.54 Å². The molecule has 0 radical (unpaired) electrons. The SMILES string of the molecule is CCC(=C(c1ccccc1)c1ccc(OCC(O)CNC)cc1)c1ccccc1. The fraction of sp³-hybridized carbons (Fsp3) is 0.231. The van der Waals surface area contributed by atoms with Crippen LogP contribution in [0.5, 0.6) is 5.75 Å². The van der Waals surface area contributed by atoms with Crippen LogP contribution in [0.3, 0.4) is 0 Å². The molecule has 0 aliphatic rings. The summed E-state index contributed by atoms with van der Waals surface area (Å²) in [5, 5.41) is 12.8. The van der Waals surface area contributed by atoms with Gasteiger partial charge in [-0.1, -0.05) is 79.7 Å². The van der Waals surface area contributed by atoms with Crippen molar-refractivity contribution in [3.05, 3.63) is 102 Å². The van der Waals surface area contributed by atoms with E-state index in [9.17, 15) is 5.11 Å². The highest BCUT2D eigenvalue weighted by atomic mass is 16.5. The minimum atomic E-state index is -0.524.